The van der Waals surface area contributed by atoms with Gasteiger partial charge in [-0.15, -0.1) is 0 Å². The first kappa shape index (κ1) is 33.1. The molecule has 0 spiro atoms. The van der Waals surface area contributed by atoms with Gasteiger partial charge in [0, 0.05) is 75.7 Å². The number of nitrogens with zero attached hydrogens (tertiary/aromatic N) is 7. The summed E-state index contributed by atoms with van der Waals surface area (Å²) < 4.78 is 34.3. The minimum absolute atomic E-state index is 0.0940. The van der Waals surface area contributed by atoms with Crippen molar-refractivity contribution in [3.8, 4) is 5.75 Å². The van der Waals surface area contributed by atoms with Gasteiger partial charge in [0.05, 0.1) is 39.9 Å². The largest absolute Gasteiger partial charge is 0.494 e. The number of halogens is 1. The second-order valence-corrected chi connectivity index (χ2v) is 14.8. The van der Waals surface area contributed by atoms with Crippen LogP contribution in [0.5, 0.6) is 5.75 Å². The fraction of sp³-hybridized carbons (Fsp3) is 0.438. The molecule has 0 radical (unpaired) electrons. The number of rotatable bonds is 10. The van der Waals surface area contributed by atoms with Crippen LogP contribution in [0.25, 0.3) is 11.0 Å². The van der Waals surface area contributed by atoms with Crippen molar-refractivity contribution in [2.45, 2.75) is 32.7 Å². The molecule has 2 saturated heterocycles. The van der Waals surface area contributed by atoms with Crippen molar-refractivity contribution in [2.24, 2.45) is 0 Å². The highest BCUT2D eigenvalue weighted by Gasteiger charge is 2.28. The summed E-state index contributed by atoms with van der Waals surface area (Å²) in [5.41, 5.74) is 4.78. The third-order valence-electron chi connectivity index (χ3n) is 8.90. The molecule has 2 aliphatic heterocycles. The van der Waals surface area contributed by atoms with Crippen molar-refractivity contribution in [1.82, 2.24) is 29.7 Å². The van der Waals surface area contributed by atoms with Crippen LogP contribution in [0.1, 0.15) is 25.3 Å². The van der Waals surface area contributed by atoms with Crippen LogP contribution in [0.4, 0.5) is 34.5 Å². The van der Waals surface area contributed by atoms with Crippen molar-refractivity contribution in [1.29, 1.82) is 0 Å². The Labute approximate surface area is 284 Å². The molecular weight excluding hydrogens is 684 g/mol. The number of benzene rings is 2. The number of hydrogen-bond donors (Lipinski definition) is 3. The molecule has 0 amide bonds. The Kier molecular flexibility index (Phi) is 9.96. The molecule has 2 aromatic heterocycles. The van der Waals surface area contributed by atoms with Gasteiger partial charge in [-0.05, 0) is 73.4 Å². The summed E-state index contributed by atoms with van der Waals surface area (Å²) in [6, 6.07) is 8.32. The molecular formula is C32H41BrN10O3S. The first-order valence-electron chi connectivity index (χ1n) is 15.8. The van der Waals surface area contributed by atoms with Gasteiger partial charge in [-0.2, -0.15) is 4.98 Å². The lowest BCUT2D eigenvalue weighted by atomic mass is 10.0. The second kappa shape index (κ2) is 14.1. The number of piperazine rings is 1. The zero-order valence-electron chi connectivity index (χ0n) is 27.1. The van der Waals surface area contributed by atoms with E-state index in [1.165, 1.54) is 11.9 Å². The van der Waals surface area contributed by atoms with Crippen LogP contribution in [0.2, 0.25) is 0 Å². The number of likely N-dealkylation sites (N-methyl/N-ethyl adjacent to an activating group) is 1. The lowest BCUT2D eigenvalue weighted by molar-refractivity contribution is 0.0982. The van der Waals surface area contributed by atoms with Gasteiger partial charge in [-0.1, -0.05) is 0 Å². The van der Waals surface area contributed by atoms with Crippen molar-refractivity contribution in [3.05, 3.63) is 52.9 Å². The van der Waals surface area contributed by atoms with Gasteiger partial charge < -0.3 is 25.2 Å². The lowest BCUT2D eigenvalue weighted by Gasteiger charge is -2.43. The van der Waals surface area contributed by atoms with Gasteiger partial charge in [0.25, 0.3) is 0 Å². The van der Waals surface area contributed by atoms with Crippen molar-refractivity contribution >= 4 is 71.5 Å². The van der Waals surface area contributed by atoms with Crippen LogP contribution in [0, 0.1) is 6.92 Å². The third kappa shape index (κ3) is 7.53. The van der Waals surface area contributed by atoms with Crippen LogP contribution in [0.3, 0.4) is 0 Å². The molecule has 0 bridgehead atoms. The highest BCUT2D eigenvalue weighted by molar-refractivity contribution is 9.10. The Morgan fingerprint density at radius 2 is 1.72 bits per heavy atom. The molecule has 6 rings (SSSR count). The lowest BCUT2D eigenvalue weighted by Crippen LogP contribution is -2.52. The van der Waals surface area contributed by atoms with Crippen molar-refractivity contribution in [2.75, 3.05) is 79.4 Å². The van der Waals surface area contributed by atoms with E-state index in [-0.39, 0.29) is 11.4 Å². The highest BCUT2D eigenvalue weighted by Crippen LogP contribution is 2.38. The fourth-order valence-corrected chi connectivity index (χ4v) is 7.13. The minimum atomic E-state index is -3.61. The number of hydrogen-bond acceptors (Lipinski definition) is 12. The fourth-order valence-electron chi connectivity index (χ4n) is 6.18. The predicted molar refractivity (Wildman–Crippen MR) is 191 cm³/mol. The van der Waals surface area contributed by atoms with Gasteiger partial charge in [0.15, 0.2) is 0 Å². The van der Waals surface area contributed by atoms with Crippen LogP contribution in [-0.4, -0.2) is 103 Å². The van der Waals surface area contributed by atoms with E-state index in [0.29, 0.717) is 44.8 Å². The van der Waals surface area contributed by atoms with Crippen molar-refractivity contribution < 1.29 is 13.2 Å². The monoisotopic (exact) mass is 724 g/mol. The van der Waals surface area contributed by atoms with Crippen LogP contribution in [-0.2, 0) is 10.0 Å². The first-order valence-corrected chi connectivity index (χ1v) is 18.3. The molecule has 0 saturated carbocycles. The molecule has 0 aliphatic carbocycles. The van der Waals surface area contributed by atoms with Crippen LogP contribution in [0.15, 0.2) is 47.3 Å². The summed E-state index contributed by atoms with van der Waals surface area (Å²) in [4.78, 5) is 25.4. The second-order valence-electron chi connectivity index (χ2n) is 12.0. The van der Waals surface area contributed by atoms with E-state index < -0.39 is 10.0 Å². The van der Waals surface area contributed by atoms with E-state index >= 15 is 0 Å². The third-order valence-corrected chi connectivity index (χ3v) is 10.8. The normalized spacial score (nSPS) is 16.7. The Morgan fingerprint density at radius 3 is 2.45 bits per heavy atom. The van der Waals surface area contributed by atoms with E-state index in [1.807, 2.05) is 0 Å². The molecule has 2 fully saturated rings. The minimum Gasteiger partial charge on any atom is -0.494 e. The Balaban J connectivity index is 1.21. The van der Waals surface area contributed by atoms with Crippen molar-refractivity contribution in [3.63, 3.8) is 0 Å². The number of fused-ring (bicyclic) bond motifs is 1. The molecule has 13 nitrogen and oxygen atoms in total. The van der Waals surface area contributed by atoms with Gasteiger partial charge in [0.1, 0.15) is 17.1 Å². The zero-order valence-corrected chi connectivity index (χ0v) is 29.5. The summed E-state index contributed by atoms with van der Waals surface area (Å²) >= 11 is 3.53. The average molecular weight is 726 g/mol. The quantitative estimate of drug-likeness (QED) is 0.204. The Bertz CT molecular complexity index is 1840. The molecule has 4 heterocycles. The van der Waals surface area contributed by atoms with Gasteiger partial charge in [0.2, 0.25) is 16.0 Å². The van der Waals surface area contributed by atoms with E-state index in [2.05, 4.69) is 87.0 Å². The van der Waals surface area contributed by atoms with Crippen LogP contribution < -0.4 is 25.0 Å². The molecule has 3 N–H and O–H groups in total. The molecule has 47 heavy (non-hydrogen) atoms. The van der Waals surface area contributed by atoms with Crippen LogP contribution >= 0.6 is 15.9 Å². The van der Waals surface area contributed by atoms with Gasteiger partial charge in [-0.3, -0.25) is 19.6 Å². The topological polar surface area (TPSA) is 141 Å². The molecule has 0 atom stereocenters. The number of aromatic nitrogens is 4. The van der Waals surface area contributed by atoms with E-state index in [9.17, 15) is 8.42 Å². The summed E-state index contributed by atoms with van der Waals surface area (Å²) in [5, 5.41) is 6.57. The number of sulfonamides is 1. The summed E-state index contributed by atoms with van der Waals surface area (Å²) in [7, 11) is 0.258. The van der Waals surface area contributed by atoms with E-state index in [4.69, 9.17) is 9.72 Å². The number of methoxy groups -OCH3 is 1. The standard InChI is InChI=1S/C32H41BrN10O3S/c1-5-47(44,45)40-30-25(7-6-24-29(30)35-11-10-34-24)37-31-23(33)20-36-32(39-31)38-26-18-21(2)27(19-28(26)46-4)43-12-8-22(9-13-43)42-16-14-41(3)15-17-42/h6-7,10-11,18-20,22,40H,5,8-9,12-17H2,1-4H3,(H2,36,37,38,39). The molecule has 2 aliphatic rings. The Morgan fingerprint density at radius 1 is 0.979 bits per heavy atom. The molecule has 15 heteroatoms. The van der Waals surface area contributed by atoms with Gasteiger partial charge in [-0.25, -0.2) is 13.4 Å². The SMILES string of the molecule is CCS(=O)(=O)Nc1c(Nc2nc(Nc3cc(C)c(N4CCC(N5CCN(C)CC5)CC4)cc3OC)ncc2Br)ccc2nccnc12. The summed E-state index contributed by atoms with van der Waals surface area (Å²) in [6.45, 7) is 10.3. The smallest absolute Gasteiger partial charge is 0.232 e. The molecule has 0 unspecified atom stereocenters. The maximum Gasteiger partial charge on any atom is 0.232 e. The number of nitrogens with one attached hydrogen (secondary N) is 3. The Hall–Kier alpha value is -3.79. The number of ether oxygens (including phenoxy) is 1. The number of anilines is 6. The van der Waals surface area contributed by atoms with Gasteiger partial charge >= 0.3 is 0 Å². The summed E-state index contributed by atoms with van der Waals surface area (Å²) in [5.74, 6) is 1.37. The summed E-state index contributed by atoms with van der Waals surface area (Å²) in [6.07, 6.45) is 7.02. The molecule has 2 aromatic carbocycles. The maximum atomic E-state index is 12.6. The maximum absolute atomic E-state index is 12.6. The zero-order chi connectivity index (χ0) is 33.1. The average Bonchev–Trinajstić information content (AvgIpc) is 3.08. The molecule has 4 aromatic rings. The number of aryl methyl sites for hydroxylation is 1. The first-order chi connectivity index (χ1) is 22.6. The highest BCUT2D eigenvalue weighted by atomic mass is 79.9. The van der Waals surface area contributed by atoms with E-state index in [0.717, 1.165) is 63.4 Å². The predicted octanol–water partition coefficient (Wildman–Crippen LogP) is 4.96. The van der Waals surface area contributed by atoms with E-state index in [1.54, 1.807) is 38.6 Å². The number of piperidine rings is 1. The molecule has 250 valence electrons.